The molecule has 134 valence electrons. The number of hydrogen-bond donors (Lipinski definition) is 2. The Labute approximate surface area is 146 Å². The van der Waals surface area contributed by atoms with Gasteiger partial charge in [0.25, 0.3) is 5.91 Å². The van der Waals surface area contributed by atoms with Crippen molar-refractivity contribution in [3.05, 3.63) is 59.7 Å². The maximum atomic E-state index is 13.6. The topological polar surface area (TPSA) is 64.3 Å². The molecule has 0 saturated carbocycles. The van der Waals surface area contributed by atoms with E-state index in [2.05, 4.69) is 5.32 Å². The third-order valence-corrected chi connectivity index (χ3v) is 4.25. The average Bonchev–Trinajstić information content (AvgIpc) is 2.62. The highest BCUT2D eigenvalue weighted by atomic mass is 19.1. The van der Waals surface area contributed by atoms with Crippen LogP contribution in [0.25, 0.3) is 0 Å². The molecule has 0 heterocycles. The quantitative estimate of drug-likeness (QED) is 0.795. The lowest BCUT2D eigenvalue weighted by atomic mass is 9.94. The number of hydrogen-bond acceptors (Lipinski definition) is 3. The summed E-state index contributed by atoms with van der Waals surface area (Å²) in [5, 5.41) is 2.82. The van der Waals surface area contributed by atoms with Gasteiger partial charge < -0.3 is 15.8 Å². The molecule has 0 spiro atoms. The molecule has 1 amide bonds. The van der Waals surface area contributed by atoms with Crippen LogP contribution in [0.1, 0.15) is 37.0 Å². The Morgan fingerprint density at radius 2 is 1.76 bits per heavy atom. The first-order valence-electron chi connectivity index (χ1n) is 8.17. The smallest absolute Gasteiger partial charge is 0.251 e. The van der Waals surface area contributed by atoms with Gasteiger partial charge in [0.05, 0.1) is 0 Å². The van der Waals surface area contributed by atoms with E-state index in [1.165, 1.54) is 6.07 Å². The molecule has 4 nitrogen and oxygen atoms in total. The summed E-state index contributed by atoms with van der Waals surface area (Å²) in [7, 11) is 0. The van der Waals surface area contributed by atoms with Crippen LogP contribution in [0.2, 0.25) is 0 Å². The molecule has 0 unspecified atom stereocenters. The predicted molar refractivity (Wildman–Crippen MR) is 92.7 cm³/mol. The SMILES string of the molecule is CCC(N)(CC)CNC(=O)c1ccc(Oc2ccc(F)cc2F)cc1. The molecular weight excluding hydrogens is 326 g/mol. The van der Waals surface area contributed by atoms with Crippen LogP contribution in [-0.4, -0.2) is 18.0 Å². The third-order valence-electron chi connectivity index (χ3n) is 4.25. The second-order valence-electron chi connectivity index (χ2n) is 5.95. The van der Waals surface area contributed by atoms with Gasteiger partial charge in [-0.05, 0) is 49.2 Å². The van der Waals surface area contributed by atoms with E-state index in [0.717, 1.165) is 25.0 Å². The summed E-state index contributed by atoms with van der Waals surface area (Å²) in [5.41, 5.74) is 6.19. The van der Waals surface area contributed by atoms with Crippen LogP contribution in [0, 0.1) is 11.6 Å². The normalized spacial score (nSPS) is 11.2. The zero-order valence-corrected chi connectivity index (χ0v) is 14.3. The maximum Gasteiger partial charge on any atom is 0.251 e. The lowest BCUT2D eigenvalue weighted by Crippen LogP contribution is -2.49. The molecule has 0 aliphatic heterocycles. The molecule has 0 fully saturated rings. The van der Waals surface area contributed by atoms with Crippen molar-refractivity contribution in [1.82, 2.24) is 5.32 Å². The third kappa shape index (κ3) is 5.00. The van der Waals surface area contributed by atoms with E-state index >= 15 is 0 Å². The molecular formula is C19H22F2N2O2. The van der Waals surface area contributed by atoms with E-state index < -0.39 is 17.2 Å². The Bertz CT molecular complexity index is 729. The van der Waals surface area contributed by atoms with E-state index in [4.69, 9.17) is 10.5 Å². The van der Waals surface area contributed by atoms with Crippen molar-refractivity contribution < 1.29 is 18.3 Å². The number of ether oxygens (including phenoxy) is 1. The first kappa shape index (κ1) is 18.9. The highest BCUT2D eigenvalue weighted by Gasteiger charge is 2.21. The van der Waals surface area contributed by atoms with Crippen molar-refractivity contribution in [1.29, 1.82) is 0 Å². The molecule has 2 rings (SSSR count). The number of halogens is 2. The predicted octanol–water partition coefficient (Wildman–Crippen LogP) is 4.00. The molecule has 25 heavy (non-hydrogen) atoms. The fourth-order valence-corrected chi connectivity index (χ4v) is 2.22. The standard InChI is InChI=1S/C19H22F2N2O2/c1-3-19(22,4-2)12-23-18(24)13-5-8-15(9-6-13)25-17-10-7-14(20)11-16(17)21/h5-11H,3-4,12,22H2,1-2H3,(H,23,24). The first-order chi connectivity index (χ1) is 11.9. The van der Waals surface area contributed by atoms with Gasteiger partial charge in [-0.3, -0.25) is 4.79 Å². The number of amides is 1. The van der Waals surface area contributed by atoms with Crippen LogP contribution in [0.3, 0.4) is 0 Å². The Morgan fingerprint density at radius 1 is 1.12 bits per heavy atom. The second-order valence-corrected chi connectivity index (χ2v) is 5.95. The van der Waals surface area contributed by atoms with Gasteiger partial charge in [0, 0.05) is 23.7 Å². The van der Waals surface area contributed by atoms with Gasteiger partial charge in [-0.1, -0.05) is 13.8 Å². The van der Waals surface area contributed by atoms with Crippen LogP contribution >= 0.6 is 0 Å². The summed E-state index contributed by atoms with van der Waals surface area (Å²) < 4.78 is 31.8. The fourth-order valence-electron chi connectivity index (χ4n) is 2.22. The van der Waals surface area contributed by atoms with Gasteiger partial charge in [-0.15, -0.1) is 0 Å². The molecule has 2 aromatic rings. The van der Waals surface area contributed by atoms with Crippen molar-refractivity contribution in [2.45, 2.75) is 32.2 Å². The average molecular weight is 348 g/mol. The van der Waals surface area contributed by atoms with Crippen LogP contribution in [0.15, 0.2) is 42.5 Å². The minimum atomic E-state index is -0.791. The number of nitrogens with two attached hydrogens (primary N) is 1. The number of carbonyl (C=O) groups is 1. The lowest BCUT2D eigenvalue weighted by molar-refractivity contribution is 0.0942. The summed E-state index contributed by atoms with van der Waals surface area (Å²) in [6, 6.07) is 9.31. The maximum absolute atomic E-state index is 13.6. The fraction of sp³-hybridized carbons (Fsp3) is 0.316. The minimum absolute atomic E-state index is 0.0857. The highest BCUT2D eigenvalue weighted by molar-refractivity contribution is 5.94. The minimum Gasteiger partial charge on any atom is -0.454 e. The number of carbonyl (C=O) groups excluding carboxylic acids is 1. The largest absolute Gasteiger partial charge is 0.454 e. The van der Waals surface area contributed by atoms with Crippen LogP contribution in [0.4, 0.5) is 8.78 Å². The number of rotatable bonds is 7. The van der Waals surface area contributed by atoms with E-state index in [1.54, 1.807) is 24.3 Å². The molecule has 0 aromatic heterocycles. The van der Waals surface area contributed by atoms with Crippen molar-refractivity contribution in [2.75, 3.05) is 6.54 Å². The highest BCUT2D eigenvalue weighted by Crippen LogP contribution is 2.25. The summed E-state index contributed by atoms with van der Waals surface area (Å²) in [5.74, 6) is -1.45. The summed E-state index contributed by atoms with van der Waals surface area (Å²) in [6.45, 7) is 4.35. The second kappa shape index (κ2) is 8.07. The number of benzene rings is 2. The molecule has 6 heteroatoms. The van der Waals surface area contributed by atoms with Gasteiger partial charge in [-0.25, -0.2) is 8.78 Å². The van der Waals surface area contributed by atoms with Crippen LogP contribution in [-0.2, 0) is 0 Å². The molecule has 0 aliphatic carbocycles. The Morgan fingerprint density at radius 3 is 2.32 bits per heavy atom. The van der Waals surface area contributed by atoms with E-state index in [-0.39, 0.29) is 11.7 Å². The zero-order chi connectivity index (χ0) is 18.4. The molecule has 2 aromatic carbocycles. The molecule has 0 radical (unpaired) electrons. The van der Waals surface area contributed by atoms with Crippen molar-refractivity contribution in [3.8, 4) is 11.5 Å². The van der Waals surface area contributed by atoms with Gasteiger partial charge >= 0.3 is 0 Å². The Kier molecular flexibility index (Phi) is 6.09. The lowest BCUT2D eigenvalue weighted by Gasteiger charge is -2.26. The van der Waals surface area contributed by atoms with Crippen molar-refractivity contribution >= 4 is 5.91 Å². The molecule has 0 atom stereocenters. The summed E-state index contributed by atoms with van der Waals surface area (Å²) >= 11 is 0. The molecule has 0 saturated heterocycles. The van der Waals surface area contributed by atoms with E-state index in [0.29, 0.717) is 17.9 Å². The van der Waals surface area contributed by atoms with E-state index in [1.807, 2.05) is 13.8 Å². The summed E-state index contributed by atoms with van der Waals surface area (Å²) in [6.07, 6.45) is 1.53. The zero-order valence-electron chi connectivity index (χ0n) is 14.3. The van der Waals surface area contributed by atoms with Crippen LogP contribution < -0.4 is 15.8 Å². The Balaban J connectivity index is 2.00. The van der Waals surface area contributed by atoms with Crippen molar-refractivity contribution in [2.24, 2.45) is 5.73 Å². The van der Waals surface area contributed by atoms with Crippen molar-refractivity contribution in [3.63, 3.8) is 0 Å². The number of nitrogens with one attached hydrogen (secondary N) is 1. The van der Waals surface area contributed by atoms with Gasteiger partial charge in [0.1, 0.15) is 11.6 Å². The molecule has 0 aliphatic rings. The molecule has 0 bridgehead atoms. The van der Waals surface area contributed by atoms with Gasteiger partial charge in [-0.2, -0.15) is 0 Å². The van der Waals surface area contributed by atoms with E-state index in [9.17, 15) is 13.6 Å². The summed E-state index contributed by atoms with van der Waals surface area (Å²) in [4.78, 5) is 12.2. The van der Waals surface area contributed by atoms with Crippen LogP contribution in [0.5, 0.6) is 11.5 Å². The Hall–Kier alpha value is -2.47. The van der Waals surface area contributed by atoms with Gasteiger partial charge in [0.15, 0.2) is 11.6 Å². The monoisotopic (exact) mass is 348 g/mol. The molecule has 3 N–H and O–H groups in total. The first-order valence-corrected chi connectivity index (χ1v) is 8.17. The van der Waals surface area contributed by atoms with Gasteiger partial charge in [0.2, 0.25) is 0 Å².